The van der Waals surface area contributed by atoms with E-state index < -0.39 is 9.84 Å². The SMILES string of the molecule is O=C(Nc1ccc(-c2noc(Cc3ccccc3)n2)cc1)c1cccc(CN2CCS(=O)(=O)CC2)c1. The Hall–Kier alpha value is -3.82. The summed E-state index contributed by atoms with van der Waals surface area (Å²) < 4.78 is 28.7. The Kier molecular flexibility index (Phi) is 6.92. The minimum absolute atomic E-state index is 0.182. The van der Waals surface area contributed by atoms with Gasteiger partial charge in [0.05, 0.1) is 17.9 Å². The van der Waals surface area contributed by atoms with Gasteiger partial charge in [0, 0.05) is 36.4 Å². The van der Waals surface area contributed by atoms with Crippen molar-refractivity contribution in [2.75, 3.05) is 29.9 Å². The average molecular weight is 503 g/mol. The maximum atomic E-state index is 12.8. The molecule has 5 rings (SSSR count). The number of hydrogen-bond acceptors (Lipinski definition) is 7. The van der Waals surface area contributed by atoms with E-state index in [-0.39, 0.29) is 17.4 Å². The number of benzene rings is 3. The van der Waals surface area contributed by atoms with E-state index in [0.717, 1.165) is 16.7 Å². The molecule has 0 aliphatic carbocycles. The zero-order valence-corrected chi connectivity index (χ0v) is 20.4. The molecule has 0 saturated carbocycles. The third-order valence-corrected chi connectivity index (χ3v) is 7.71. The third kappa shape index (κ3) is 6.05. The molecule has 0 atom stereocenters. The smallest absolute Gasteiger partial charge is 0.255 e. The Labute approximate surface area is 209 Å². The molecule has 3 aromatic carbocycles. The van der Waals surface area contributed by atoms with Crippen molar-refractivity contribution < 1.29 is 17.7 Å². The Morgan fingerprint density at radius 1 is 0.917 bits per heavy atom. The quantitative estimate of drug-likeness (QED) is 0.410. The van der Waals surface area contributed by atoms with Gasteiger partial charge in [-0.15, -0.1) is 0 Å². The van der Waals surface area contributed by atoms with Gasteiger partial charge in [-0.1, -0.05) is 47.6 Å². The Morgan fingerprint density at radius 3 is 2.39 bits per heavy atom. The monoisotopic (exact) mass is 502 g/mol. The summed E-state index contributed by atoms with van der Waals surface area (Å²) in [5, 5.41) is 7.00. The molecule has 0 spiro atoms. The Bertz CT molecular complexity index is 1440. The van der Waals surface area contributed by atoms with Gasteiger partial charge in [-0.25, -0.2) is 8.42 Å². The highest BCUT2D eigenvalue weighted by Crippen LogP contribution is 2.20. The first kappa shape index (κ1) is 23.9. The first-order chi connectivity index (χ1) is 17.4. The Morgan fingerprint density at radius 2 is 1.64 bits per heavy atom. The molecule has 1 fully saturated rings. The zero-order valence-electron chi connectivity index (χ0n) is 19.6. The van der Waals surface area contributed by atoms with Gasteiger partial charge in [0.25, 0.3) is 5.91 Å². The number of carbonyl (C=O) groups excluding carboxylic acids is 1. The normalized spacial score (nSPS) is 15.4. The second-order valence-corrected chi connectivity index (χ2v) is 11.1. The van der Waals surface area contributed by atoms with Crippen LogP contribution in [0.4, 0.5) is 5.69 Å². The van der Waals surface area contributed by atoms with E-state index >= 15 is 0 Å². The second-order valence-electron chi connectivity index (χ2n) is 8.83. The average Bonchev–Trinajstić information content (AvgIpc) is 3.35. The van der Waals surface area contributed by atoms with Crippen LogP contribution in [0.15, 0.2) is 83.4 Å². The summed E-state index contributed by atoms with van der Waals surface area (Å²) >= 11 is 0. The van der Waals surface area contributed by atoms with Crippen LogP contribution in [-0.4, -0.2) is 54.0 Å². The number of aromatic nitrogens is 2. The fourth-order valence-corrected chi connectivity index (χ4v) is 5.37. The molecule has 1 aliphatic rings. The topological polar surface area (TPSA) is 105 Å². The molecule has 1 aliphatic heterocycles. The summed E-state index contributed by atoms with van der Waals surface area (Å²) in [4.78, 5) is 19.4. The minimum atomic E-state index is -2.92. The van der Waals surface area contributed by atoms with Crippen LogP contribution in [-0.2, 0) is 22.8 Å². The lowest BCUT2D eigenvalue weighted by Gasteiger charge is -2.26. The van der Waals surface area contributed by atoms with Crippen LogP contribution >= 0.6 is 0 Å². The molecule has 4 aromatic rings. The predicted molar refractivity (Wildman–Crippen MR) is 137 cm³/mol. The van der Waals surface area contributed by atoms with Gasteiger partial charge in [0.1, 0.15) is 0 Å². The van der Waals surface area contributed by atoms with Gasteiger partial charge in [-0.05, 0) is 47.5 Å². The van der Waals surface area contributed by atoms with E-state index in [2.05, 4.69) is 20.4 Å². The van der Waals surface area contributed by atoms with Gasteiger partial charge in [0.15, 0.2) is 9.84 Å². The number of nitrogens with one attached hydrogen (secondary N) is 1. The fraction of sp³-hybridized carbons (Fsp3) is 0.222. The molecule has 1 amide bonds. The first-order valence-electron chi connectivity index (χ1n) is 11.7. The van der Waals surface area contributed by atoms with E-state index in [0.29, 0.717) is 49.0 Å². The second kappa shape index (κ2) is 10.4. The molecular formula is C27H26N4O4S. The molecule has 9 heteroatoms. The van der Waals surface area contributed by atoms with Crippen LogP contribution in [0.2, 0.25) is 0 Å². The highest BCUT2D eigenvalue weighted by molar-refractivity contribution is 7.91. The zero-order chi connectivity index (χ0) is 25.0. The summed E-state index contributed by atoms with van der Waals surface area (Å²) in [5.41, 5.74) is 4.06. The molecule has 2 heterocycles. The maximum absolute atomic E-state index is 12.8. The summed E-state index contributed by atoms with van der Waals surface area (Å²) in [7, 11) is -2.92. The summed E-state index contributed by atoms with van der Waals surface area (Å²) in [6, 6.07) is 24.6. The van der Waals surface area contributed by atoms with Crippen molar-refractivity contribution in [2.45, 2.75) is 13.0 Å². The van der Waals surface area contributed by atoms with E-state index in [1.54, 1.807) is 18.2 Å². The number of amides is 1. The molecule has 1 N–H and O–H groups in total. The largest absolute Gasteiger partial charge is 0.339 e. The van der Waals surface area contributed by atoms with Crippen LogP contribution in [0.3, 0.4) is 0 Å². The van der Waals surface area contributed by atoms with E-state index in [1.165, 1.54) is 0 Å². The molecule has 184 valence electrons. The van der Waals surface area contributed by atoms with Crippen LogP contribution in [0, 0.1) is 0 Å². The van der Waals surface area contributed by atoms with Crippen molar-refractivity contribution >= 4 is 21.4 Å². The van der Waals surface area contributed by atoms with Gasteiger partial charge in [0.2, 0.25) is 11.7 Å². The van der Waals surface area contributed by atoms with Crippen LogP contribution in [0.25, 0.3) is 11.4 Å². The standard InChI is InChI=1S/C27H26N4O4S/c32-27(23-8-4-7-21(17-23)19-31-13-15-36(33,34)16-14-31)28-24-11-9-22(10-12-24)26-29-25(35-30-26)18-20-5-2-1-3-6-20/h1-12,17H,13-16,18-19H2,(H,28,32). The molecular weight excluding hydrogens is 476 g/mol. The molecule has 0 unspecified atom stereocenters. The van der Waals surface area contributed by atoms with Crippen LogP contribution in [0.1, 0.15) is 27.4 Å². The molecule has 1 saturated heterocycles. The Balaban J connectivity index is 1.19. The summed E-state index contributed by atoms with van der Waals surface area (Å²) in [5.74, 6) is 1.19. The number of hydrogen-bond donors (Lipinski definition) is 1. The molecule has 1 aromatic heterocycles. The van der Waals surface area contributed by atoms with Gasteiger partial charge >= 0.3 is 0 Å². The van der Waals surface area contributed by atoms with Crippen molar-refractivity contribution in [3.8, 4) is 11.4 Å². The van der Waals surface area contributed by atoms with Crippen molar-refractivity contribution in [2.24, 2.45) is 0 Å². The van der Waals surface area contributed by atoms with Crippen molar-refractivity contribution in [1.82, 2.24) is 15.0 Å². The minimum Gasteiger partial charge on any atom is -0.339 e. The van der Waals surface area contributed by atoms with Gasteiger partial charge in [-0.2, -0.15) is 4.98 Å². The van der Waals surface area contributed by atoms with Crippen molar-refractivity contribution in [3.05, 3.63) is 101 Å². The lowest BCUT2D eigenvalue weighted by atomic mass is 10.1. The lowest BCUT2D eigenvalue weighted by Crippen LogP contribution is -2.39. The maximum Gasteiger partial charge on any atom is 0.255 e. The summed E-state index contributed by atoms with van der Waals surface area (Å²) in [6.07, 6.45) is 0.567. The molecule has 8 nitrogen and oxygen atoms in total. The number of sulfone groups is 1. The fourth-order valence-electron chi connectivity index (χ4n) is 4.10. The van der Waals surface area contributed by atoms with Crippen LogP contribution < -0.4 is 5.32 Å². The van der Waals surface area contributed by atoms with Crippen molar-refractivity contribution in [1.29, 1.82) is 0 Å². The lowest BCUT2D eigenvalue weighted by molar-refractivity contribution is 0.102. The van der Waals surface area contributed by atoms with E-state index in [9.17, 15) is 13.2 Å². The number of anilines is 1. The first-order valence-corrected chi connectivity index (χ1v) is 13.6. The third-order valence-electron chi connectivity index (χ3n) is 6.10. The van der Waals surface area contributed by atoms with Crippen molar-refractivity contribution in [3.63, 3.8) is 0 Å². The van der Waals surface area contributed by atoms with Crippen LogP contribution in [0.5, 0.6) is 0 Å². The highest BCUT2D eigenvalue weighted by atomic mass is 32.2. The molecule has 36 heavy (non-hydrogen) atoms. The molecule has 0 radical (unpaired) electrons. The predicted octanol–water partition coefficient (Wildman–Crippen LogP) is 3.81. The van der Waals surface area contributed by atoms with Gasteiger partial charge in [-0.3, -0.25) is 9.69 Å². The van der Waals surface area contributed by atoms with E-state index in [4.69, 9.17) is 4.52 Å². The van der Waals surface area contributed by atoms with E-state index in [1.807, 2.05) is 60.7 Å². The highest BCUT2D eigenvalue weighted by Gasteiger charge is 2.21. The number of carbonyl (C=O) groups is 1. The number of nitrogens with zero attached hydrogens (tertiary/aromatic N) is 3. The number of rotatable bonds is 7. The molecule has 0 bridgehead atoms. The summed E-state index contributed by atoms with van der Waals surface area (Å²) in [6.45, 7) is 1.64. The van der Waals surface area contributed by atoms with Gasteiger partial charge < -0.3 is 9.84 Å².